The number of fused-ring (bicyclic) bond motifs is 6. The van der Waals surface area contributed by atoms with Crippen molar-refractivity contribution in [2.45, 2.75) is 19.3 Å². The first kappa shape index (κ1) is 29.7. The minimum absolute atomic E-state index is 0.0534. The van der Waals surface area contributed by atoms with E-state index in [0.717, 1.165) is 0 Å². The minimum Gasteiger partial charge on any atom is -0.0622 e. The normalized spacial score (nSPS) is 13.1. The van der Waals surface area contributed by atoms with Gasteiger partial charge in [-0.1, -0.05) is 184 Å². The van der Waals surface area contributed by atoms with Crippen LogP contribution in [0, 0.1) is 0 Å². The summed E-state index contributed by atoms with van der Waals surface area (Å²) in [5.74, 6) is 0. The van der Waals surface area contributed by atoms with Crippen LogP contribution in [-0.2, 0) is 5.41 Å². The SMILES string of the molecule is CC1(C)c2ccccc2-c2ccc(-c3ccc4c(-c5ccc(-c6ccccc6)cc5)c5ccccc5c(-c5cccc6ccccc56)c4c3)cc21. The Labute approximate surface area is 299 Å². The van der Waals surface area contributed by atoms with Gasteiger partial charge in [0.05, 0.1) is 0 Å². The van der Waals surface area contributed by atoms with Gasteiger partial charge in [-0.2, -0.15) is 0 Å². The molecule has 10 rings (SSSR count). The molecule has 0 bridgehead atoms. The molecule has 0 unspecified atom stereocenters. The van der Waals surface area contributed by atoms with Crippen LogP contribution in [0.25, 0.3) is 88.0 Å². The summed E-state index contributed by atoms with van der Waals surface area (Å²) < 4.78 is 0. The van der Waals surface area contributed by atoms with Gasteiger partial charge in [0.2, 0.25) is 0 Å². The summed E-state index contributed by atoms with van der Waals surface area (Å²) in [7, 11) is 0. The predicted octanol–water partition coefficient (Wildman–Crippen LogP) is 14.1. The van der Waals surface area contributed by atoms with Crippen LogP contribution in [0.5, 0.6) is 0 Å². The second-order valence-corrected chi connectivity index (χ2v) is 14.5. The van der Waals surface area contributed by atoms with Gasteiger partial charge >= 0.3 is 0 Å². The first-order chi connectivity index (χ1) is 25.1. The molecule has 0 nitrogen and oxygen atoms in total. The Balaban J connectivity index is 1.25. The Morgan fingerprint density at radius 2 is 0.824 bits per heavy atom. The molecule has 0 saturated carbocycles. The molecule has 0 N–H and O–H groups in total. The summed E-state index contributed by atoms with van der Waals surface area (Å²) >= 11 is 0. The highest BCUT2D eigenvalue weighted by molar-refractivity contribution is 6.24. The van der Waals surface area contributed by atoms with Crippen molar-refractivity contribution >= 4 is 32.3 Å². The van der Waals surface area contributed by atoms with E-state index in [4.69, 9.17) is 0 Å². The molecule has 0 heterocycles. The average Bonchev–Trinajstić information content (AvgIpc) is 3.42. The second-order valence-electron chi connectivity index (χ2n) is 14.5. The van der Waals surface area contributed by atoms with Crippen LogP contribution in [0.15, 0.2) is 182 Å². The highest BCUT2D eigenvalue weighted by atomic mass is 14.4. The van der Waals surface area contributed by atoms with Gasteiger partial charge in [-0.05, 0) is 111 Å². The van der Waals surface area contributed by atoms with Crippen LogP contribution in [0.1, 0.15) is 25.0 Å². The first-order valence-electron chi connectivity index (χ1n) is 17.9. The van der Waals surface area contributed by atoms with E-state index < -0.39 is 0 Å². The van der Waals surface area contributed by atoms with Crippen molar-refractivity contribution in [1.29, 1.82) is 0 Å². The van der Waals surface area contributed by atoms with Crippen LogP contribution in [0.3, 0.4) is 0 Å². The highest BCUT2D eigenvalue weighted by Crippen LogP contribution is 2.51. The lowest BCUT2D eigenvalue weighted by molar-refractivity contribution is 0.660. The molecule has 0 atom stereocenters. The fraction of sp³-hybridized carbons (Fsp3) is 0.0588. The molecule has 1 aliphatic carbocycles. The molecule has 0 aromatic heterocycles. The zero-order chi connectivity index (χ0) is 34.1. The lowest BCUT2D eigenvalue weighted by Crippen LogP contribution is -2.14. The van der Waals surface area contributed by atoms with Crippen molar-refractivity contribution in [3.63, 3.8) is 0 Å². The van der Waals surface area contributed by atoms with Crippen molar-refractivity contribution in [3.05, 3.63) is 193 Å². The monoisotopic (exact) mass is 648 g/mol. The van der Waals surface area contributed by atoms with E-state index >= 15 is 0 Å². The molecule has 9 aromatic carbocycles. The fourth-order valence-corrected chi connectivity index (χ4v) is 8.75. The predicted molar refractivity (Wildman–Crippen MR) is 218 cm³/mol. The van der Waals surface area contributed by atoms with Crippen molar-refractivity contribution in [2.75, 3.05) is 0 Å². The molecule has 0 heteroatoms. The molecule has 9 aromatic rings. The van der Waals surface area contributed by atoms with Crippen LogP contribution >= 0.6 is 0 Å². The molecule has 0 amide bonds. The maximum atomic E-state index is 2.46. The Kier molecular flexibility index (Phi) is 6.63. The smallest absolute Gasteiger partial charge is 0.0159 e. The van der Waals surface area contributed by atoms with Gasteiger partial charge in [0.15, 0.2) is 0 Å². The van der Waals surface area contributed by atoms with Gasteiger partial charge in [-0.15, -0.1) is 0 Å². The molecule has 240 valence electrons. The Hall–Kier alpha value is -6.24. The number of rotatable bonds is 4. The van der Waals surface area contributed by atoms with Gasteiger partial charge in [0.25, 0.3) is 0 Å². The van der Waals surface area contributed by atoms with E-state index in [-0.39, 0.29) is 5.41 Å². The van der Waals surface area contributed by atoms with Crippen LogP contribution in [0.4, 0.5) is 0 Å². The summed E-state index contributed by atoms with van der Waals surface area (Å²) in [6, 6.07) is 67.5. The van der Waals surface area contributed by atoms with Gasteiger partial charge in [-0.25, -0.2) is 0 Å². The van der Waals surface area contributed by atoms with E-state index in [9.17, 15) is 0 Å². The Morgan fingerprint density at radius 1 is 0.294 bits per heavy atom. The Morgan fingerprint density at radius 3 is 1.65 bits per heavy atom. The van der Waals surface area contributed by atoms with E-state index in [1.165, 1.54) is 99.1 Å². The zero-order valence-corrected chi connectivity index (χ0v) is 28.8. The maximum absolute atomic E-state index is 2.46. The third-order valence-corrected chi connectivity index (χ3v) is 11.3. The highest BCUT2D eigenvalue weighted by Gasteiger charge is 2.35. The summed E-state index contributed by atoms with van der Waals surface area (Å²) in [5.41, 5.74) is 15.5. The largest absolute Gasteiger partial charge is 0.0622 e. The summed E-state index contributed by atoms with van der Waals surface area (Å²) in [5, 5.41) is 7.60. The van der Waals surface area contributed by atoms with Crippen LogP contribution < -0.4 is 0 Å². The standard InChI is InChI=1S/C51H36/c1-51(2)47-22-11-10-18-40(47)41-29-27-38(32-48(41)51)37-28-30-45-46(31-37)50(42-21-12-16-35-15-6-7-17-39(35)42)44-20-9-8-19-43(44)49(45)36-25-23-34(24-26-36)33-13-4-3-5-14-33/h3-32H,1-2H3. The molecule has 0 fully saturated rings. The Bertz CT molecular complexity index is 2790. The lowest BCUT2D eigenvalue weighted by atomic mass is 9.81. The first-order valence-corrected chi connectivity index (χ1v) is 17.9. The quantitative estimate of drug-likeness (QED) is 0.167. The topological polar surface area (TPSA) is 0 Å². The van der Waals surface area contributed by atoms with Crippen LogP contribution in [-0.4, -0.2) is 0 Å². The van der Waals surface area contributed by atoms with Gasteiger partial charge < -0.3 is 0 Å². The number of hydrogen-bond donors (Lipinski definition) is 0. The molecule has 0 saturated heterocycles. The molecular formula is C51H36. The molecule has 0 radical (unpaired) electrons. The van der Waals surface area contributed by atoms with Crippen molar-refractivity contribution in [2.24, 2.45) is 0 Å². The fourth-order valence-electron chi connectivity index (χ4n) is 8.75. The molecule has 0 aliphatic heterocycles. The third-order valence-electron chi connectivity index (χ3n) is 11.3. The van der Waals surface area contributed by atoms with Crippen molar-refractivity contribution in [3.8, 4) is 55.6 Å². The molecule has 1 aliphatic rings. The molecule has 51 heavy (non-hydrogen) atoms. The average molecular weight is 649 g/mol. The van der Waals surface area contributed by atoms with Crippen molar-refractivity contribution < 1.29 is 0 Å². The summed E-state index contributed by atoms with van der Waals surface area (Å²) in [4.78, 5) is 0. The van der Waals surface area contributed by atoms with Gasteiger partial charge in [0.1, 0.15) is 0 Å². The van der Waals surface area contributed by atoms with E-state index in [1.807, 2.05) is 0 Å². The van der Waals surface area contributed by atoms with E-state index in [1.54, 1.807) is 0 Å². The molecular weight excluding hydrogens is 613 g/mol. The van der Waals surface area contributed by atoms with Gasteiger partial charge in [0, 0.05) is 5.41 Å². The van der Waals surface area contributed by atoms with E-state index in [2.05, 4.69) is 196 Å². The second kappa shape index (κ2) is 11.4. The van der Waals surface area contributed by atoms with Crippen LogP contribution in [0.2, 0.25) is 0 Å². The number of hydrogen-bond acceptors (Lipinski definition) is 0. The number of benzene rings is 9. The lowest BCUT2D eigenvalue weighted by Gasteiger charge is -2.22. The third kappa shape index (κ3) is 4.60. The molecule has 0 spiro atoms. The van der Waals surface area contributed by atoms with Gasteiger partial charge in [-0.3, -0.25) is 0 Å². The minimum atomic E-state index is -0.0534. The zero-order valence-electron chi connectivity index (χ0n) is 28.8. The maximum Gasteiger partial charge on any atom is 0.0159 e. The van der Waals surface area contributed by atoms with E-state index in [0.29, 0.717) is 0 Å². The summed E-state index contributed by atoms with van der Waals surface area (Å²) in [6.45, 7) is 4.73. The van der Waals surface area contributed by atoms with Crippen molar-refractivity contribution in [1.82, 2.24) is 0 Å². The summed E-state index contributed by atoms with van der Waals surface area (Å²) in [6.07, 6.45) is 0.